The SMILES string of the molecule is CCC1CN(C(=O)Nc2cn(C)nc2-c2ccco2)CCCO1. The lowest BCUT2D eigenvalue weighted by Gasteiger charge is -2.23. The van der Waals surface area contributed by atoms with Crippen molar-refractivity contribution < 1.29 is 13.9 Å². The van der Waals surface area contributed by atoms with Gasteiger partial charge >= 0.3 is 6.03 Å². The summed E-state index contributed by atoms with van der Waals surface area (Å²) in [7, 11) is 1.81. The van der Waals surface area contributed by atoms with Crippen LogP contribution in [0.15, 0.2) is 29.0 Å². The third-order valence-electron chi connectivity index (χ3n) is 3.92. The molecule has 7 nitrogen and oxygen atoms in total. The smallest absolute Gasteiger partial charge is 0.322 e. The van der Waals surface area contributed by atoms with Gasteiger partial charge in [-0.3, -0.25) is 4.68 Å². The molecule has 2 aromatic rings. The standard InChI is InChI=1S/C16H22N4O3/c1-3-12-10-20(7-5-9-22-12)16(21)17-13-11-19(2)18-15(13)14-6-4-8-23-14/h4,6,8,11-12H,3,5,7,9-10H2,1-2H3,(H,17,21). The van der Waals surface area contributed by atoms with Gasteiger partial charge in [0.2, 0.25) is 0 Å². The average molecular weight is 318 g/mol. The molecule has 1 aliphatic rings. The molecule has 0 saturated carbocycles. The maximum atomic E-state index is 12.6. The van der Waals surface area contributed by atoms with Crippen LogP contribution < -0.4 is 5.32 Å². The van der Waals surface area contributed by atoms with E-state index in [9.17, 15) is 4.79 Å². The molecule has 0 spiro atoms. The van der Waals surface area contributed by atoms with Crippen molar-refractivity contribution in [1.82, 2.24) is 14.7 Å². The van der Waals surface area contributed by atoms with Gasteiger partial charge in [0.05, 0.1) is 18.1 Å². The summed E-state index contributed by atoms with van der Waals surface area (Å²) in [6.45, 7) is 4.08. The fourth-order valence-electron chi connectivity index (χ4n) is 2.70. The monoisotopic (exact) mass is 318 g/mol. The van der Waals surface area contributed by atoms with Crippen LogP contribution in [-0.2, 0) is 11.8 Å². The molecular weight excluding hydrogens is 296 g/mol. The maximum absolute atomic E-state index is 12.6. The Morgan fingerprint density at radius 2 is 2.39 bits per heavy atom. The highest BCUT2D eigenvalue weighted by molar-refractivity contribution is 5.92. The Kier molecular flexibility index (Phi) is 4.66. The highest BCUT2D eigenvalue weighted by atomic mass is 16.5. The molecule has 1 saturated heterocycles. The second kappa shape index (κ2) is 6.87. The first kappa shape index (κ1) is 15.6. The van der Waals surface area contributed by atoms with Crippen molar-refractivity contribution in [2.24, 2.45) is 7.05 Å². The number of nitrogens with one attached hydrogen (secondary N) is 1. The Balaban J connectivity index is 1.75. The van der Waals surface area contributed by atoms with Crippen molar-refractivity contribution >= 4 is 11.7 Å². The van der Waals surface area contributed by atoms with E-state index >= 15 is 0 Å². The zero-order chi connectivity index (χ0) is 16.2. The first-order valence-corrected chi connectivity index (χ1v) is 7.92. The van der Waals surface area contributed by atoms with Gasteiger partial charge in [0.1, 0.15) is 0 Å². The van der Waals surface area contributed by atoms with E-state index in [0.717, 1.165) is 12.8 Å². The van der Waals surface area contributed by atoms with Crippen LogP contribution in [-0.4, -0.2) is 46.5 Å². The lowest BCUT2D eigenvalue weighted by atomic mass is 10.2. The second-order valence-corrected chi connectivity index (χ2v) is 5.67. The van der Waals surface area contributed by atoms with E-state index in [0.29, 0.717) is 36.8 Å². The number of nitrogens with zero attached hydrogens (tertiary/aromatic N) is 3. The molecule has 0 bridgehead atoms. The first-order chi connectivity index (χ1) is 11.2. The molecule has 23 heavy (non-hydrogen) atoms. The summed E-state index contributed by atoms with van der Waals surface area (Å²) in [5.74, 6) is 0.631. The number of ether oxygens (including phenoxy) is 1. The van der Waals surface area contributed by atoms with Crippen LogP contribution in [0.25, 0.3) is 11.5 Å². The summed E-state index contributed by atoms with van der Waals surface area (Å²) < 4.78 is 12.8. The predicted molar refractivity (Wildman–Crippen MR) is 86.1 cm³/mol. The van der Waals surface area contributed by atoms with Crippen LogP contribution >= 0.6 is 0 Å². The molecule has 0 radical (unpaired) electrons. The zero-order valence-corrected chi connectivity index (χ0v) is 13.5. The molecule has 1 fully saturated rings. The third-order valence-corrected chi connectivity index (χ3v) is 3.92. The number of hydrogen-bond donors (Lipinski definition) is 1. The second-order valence-electron chi connectivity index (χ2n) is 5.67. The van der Waals surface area contributed by atoms with E-state index in [2.05, 4.69) is 17.3 Å². The average Bonchev–Trinajstić information content (AvgIpc) is 3.11. The van der Waals surface area contributed by atoms with E-state index < -0.39 is 0 Å². The van der Waals surface area contributed by atoms with Crippen molar-refractivity contribution in [2.45, 2.75) is 25.9 Å². The fourth-order valence-corrected chi connectivity index (χ4v) is 2.70. The Morgan fingerprint density at radius 1 is 1.52 bits per heavy atom. The topological polar surface area (TPSA) is 72.5 Å². The summed E-state index contributed by atoms with van der Waals surface area (Å²) >= 11 is 0. The number of anilines is 1. The highest BCUT2D eigenvalue weighted by Gasteiger charge is 2.23. The third kappa shape index (κ3) is 3.56. The Hall–Kier alpha value is -2.28. The summed E-state index contributed by atoms with van der Waals surface area (Å²) in [5, 5.41) is 7.32. The van der Waals surface area contributed by atoms with Crippen LogP contribution in [0, 0.1) is 0 Å². The molecule has 0 aliphatic carbocycles. The minimum absolute atomic E-state index is 0.0988. The number of carbonyl (C=O) groups is 1. The molecule has 2 aromatic heterocycles. The van der Waals surface area contributed by atoms with Gasteiger partial charge in [0, 0.05) is 32.9 Å². The minimum Gasteiger partial charge on any atom is -0.463 e. The molecule has 2 amide bonds. The normalized spacial score (nSPS) is 18.7. The quantitative estimate of drug-likeness (QED) is 0.944. The summed E-state index contributed by atoms with van der Waals surface area (Å²) in [5.41, 5.74) is 1.27. The van der Waals surface area contributed by atoms with E-state index in [-0.39, 0.29) is 12.1 Å². The lowest BCUT2D eigenvalue weighted by Crippen LogP contribution is -2.39. The van der Waals surface area contributed by atoms with Crippen LogP contribution in [0.5, 0.6) is 0 Å². The van der Waals surface area contributed by atoms with Crippen LogP contribution in [0.3, 0.4) is 0 Å². The molecule has 124 valence electrons. The molecule has 1 aliphatic heterocycles. The molecule has 3 rings (SSSR count). The van der Waals surface area contributed by atoms with Crippen LogP contribution in [0.4, 0.5) is 10.5 Å². The number of hydrogen-bond acceptors (Lipinski definition) is 4. The summed E-state index contributed by atoms with van der Waals surface area (Å²) in [6.07, 6.45) is 5.22. The largest absolute Gasteiger partial charge is 0.463 e. The van der Waals surface area contributed by atoms with Crippen molar-refractivity contribution in [3.8, 4) is 11.5 Å². The van der Waals surface area contributed by atoms with Gasteiger partial charge < -0.3 is 19.4 Å². The summed E-state index contributed by atoms with van der Waals surface area (Å²) in [6, 6.07) is 3.49. The highest BCUT2D eigenvalue weighted by Crippen LogP contribution is 2.27. The molecule has 3 heterocycles. The summed E-state index contributed by atoms with van der Waals surface area (Å²) in [4.78, 5) is 14.4. The molecule has 1 N–H and O–H groups in total. The van der Waals surface area contributed by atoms with Crippen molar-refractivity contribution in [2.75, 3.05) is 25.0 Å². The number of amides is 2. The molecule has 1 atom stereocenters. The molecule has 1 unspecified atom stereocenters. The van der Waals surface area contributed by atoms with Gasteiger partial charge in [-0.2, -0.15) is 5.10 Å². The molecule has 7 heteroatoms. The van der Waals surface area contributed by atoms with Gasteiger partial charge in [0.15, 0.2) is 11.5 Å². The number of aryl methyl sites for hydroxylation is 1. The van der Waals surface area contributed by atoms with E-state index in [1.54, 1.807) is 28.1 Å². The van der Waals surface area contributed by atoms with Crippen LogP contribution in [0.1, 0.15) is 19.8 Å². The van der Waals surface area contributed by atoms with Gasteiger partial charge in [-0.1, -0.05) is 6.92 Å². The Labute approximate surface area is 135 Å². The zero-order valence-electron chi connectivity index (χ0n) is 13.5. The molecule has 0 aromatic carbocycles. The van der Waals surface area contributed by atoms with Gasteiger partial charge in [-0.05, 0) is 25.0 Å². The maximum Gasteiger partial charge on any atom is 0.322 e. The van der Waals surface area contributed by atoms with Crippen LogP contribution in [0.2, 0.25) is 0 Å². The number of aromatic nitrogens is 2. The van der Waals surface area contributed by atoms with E-state index in [4.69, 9.17) is 9.15 Å². The first-order valence-electron chi connectivity index (χ1n) is 7.92. The number of carbonyl (C=O) groups excluding carboxylic acids is 1. The van der Waals surface area contributed by atoms with E-state index in [1.807, 2.05) is 13.1 Å². The van der Waals surface area contributed by atoms with Crippen molar-refractivity contribution in [1.29, 1.82) is 0 Å². The van der Waals surface area contributed by atoms with E-state index in [1.165, 1.54) is 0 Å². The molecular formula is C16H22N4O3. The Morgan fingerprint density at radius 3 is 3.13 bits per heavy atom. The van der Waals surface area contributed by atoms with Gasteiger partial charge in [-0.15, -0.1) is 0 Å². The van der Waals surface area contributed by atoms with Gasteiger partial charge in [0.25, 0.3) is 0 Å². The lowest BCUT2D eigenvalue weighted by molar-refractivity contribution is 0.0561. The minimum atomic E-state index is -0.130. The van der Waals surface area contributed by atoms with Crippen molar-refractivity contribution in [3.05, 3.63) is 24.6 Å². The Bertz CT molecular complexity index is 650. The fraction of sp³-hybridized carbons (Fsp3) is 0.500. The van der Waals surface area contributed by atoms with Crippen molar-refractivity contribution in [3.63, 3.8) is 0 Å². The number of rotatable bonds is 3. The number of furan rings is 1. The predicted octanol–water partition coefficient (Wildman–Crippen LogP) is 2.71. The number of urea groups is 1. The van der Waals surface area contributed by atoms with Gasteiger partial charge in [-0.25, -0.2) is 4.79 Å².